The lowest BCUT2D eigenvalue weighted by Crippen LogP contribution is -2.29. The van der Waals surface area contributed by atoms with Crippen molar-refractivity contribution < 1.29 is 9.47 Å². The summed E-state index contributed by atoms with van der Waals surface area (Å²) < 4.78 is 13.3. The lowest BCUT2D eigenvalue weighted by molar-refractivity contribution is 0.355. The van der Waals surface area contributed by atoms with Gasteiger partial charge in [-0.1, -0.05) is 33.2 Å². The molecule has 31 heavy (non-hydrogen) atoms. The van der Waals surface area contributed by atoms with Gasteiger partial charge in [0.1, 0.15) is 11.7 Å². The SMILES string of the molecule is COc1ccc(-c2n[nH]c(=O)c3c2C(c2cccc(Br)c2)n2nnnc2N3)cc1OC. The Bertz CT molecular complexity index is 1350. The zero-order valence-corrected chi connectivity index (χ0v) is 18.0. The molecule has 3 heterocycles. The summed E-state index contributed by atoms with van der Waals surface area (Å²) in [6.45, 7) is 0. The number of rotatable bonds is 4. The van der Waals surface area contributed by atoms with Crippen molar-refractivity contribution in [1.82, 2.24) is 30.4 Å². The van der Waals surface area contributed by atoms with Crippen LogP contribution >= 0.6 is 15.9 Å². The summed E-state index contributed by atoms with van der Waals surface area (Å²) in [5.74, 6) is 1.51. The summed E-state index contributed by atoms with van der Waals surface area (Å²) in [5, 5.41) is 22.0. The van der Waals surface area contributed by atoms with Gasteiger partial charge in [0.2, 0.25) is 5.95 Å². The molecule has 0 amide bonds. The predicted octanol–water partition coefficient (Wildman–Crippen LogP) is 2.90. The molecule has 11 heteroatoms. The fraction of sp³-hybridized carbons (Fsp3) is 0.150. The van der Waals surface area contributed by atoms with Gasteiger partial charge in [-0.2, -0.15) is 9.78 Å². The number of methoxy groups -OCH3 is 2. The molecule has 4 aromatic rings. The molecule has 0 aliphatic carbocycles. The van der Waals surface area contributed by atoms with Crippen LogP contribution in [0.25, 0.3) is 11.3 Å². The topological polar surface area (TPSA) is 120 Å². The molecular weight excluding hydrogens is 466 g/mol. The van der Waals surface area contributed by atoms with E-state index in [2.05, 4.69) is 47.0 Å². The van der Waals surface area contributed by atoms with Crippen LogP contribution in [0, 0.1) is 0 Å². The Hall–Kier alpha value is -3.73. The molecule has 0 bridgehead atoms. The van der Waals surface area contributed by atoms with Gasteiger partial charge in [-0.3, -0.25) is 4.79 Å². The van der Waals surface area contributed by atoms with E-state index in [1.54, 1.807) is 25.0 Å². The van der Waals surface area contributed by atoms with Gasteiger partial charge >= 0.3 is 0 Å². The lowest BCUT2D eigenvalue weighted by atomic mass is 9.92. The van der Waals surface area contributed by atoms with E-state index in [1.165, 1.54) is 0 Å². The van der Waals surface area contributed by atoms with Crippen molar-refractivity contribution in [2.75, 3.05) is 19.5 Å². The van der Waals surface area contributed by atoms with Crippen LogP contribution in [0.3, 0.4) is 0 Å². The molecule has 0 fully saturated rings. The third-order valence-electron chi connectivity index (χ3n) is 5.09. The third-order valence-corrected chi connectivity index (χ3v) is 5.58. The fourth-order valence-corrected chi connectivity index (χ4v) is 4.14. The highest BCUT2D eigenvalue weighted by molar-refractivity contribution is 9.10. The van der Waals surface area contributed by atoms with Crippen molar-refractivity contribution in [2.24, 2.45) is 0 Å². The molecule has 10 nitrogen and oxygen atoms in total. The summed E-state index contributed by atoms with van der Waals surface area (Å²) in [4.78, 5) is 12.7. The molecule has 1 aliphatic rings. The zero-order chi connectivity index (χ0) is 21.5. The molecule has 2 aromatic carbocycles. The van der Waals surface area contributed by atoms with Crippen molar-refractivity contribution in [3.63, 3.8) is 0 Å². The summed E-state index contributed by atoms with van der Waals surface area (Å²) >= 11 is 3.52. The number of aromatic nitrogens is 6. The smallest absolute Gasteiger partial charge is 0.288 e. The molecule has 2 aromatic heterocycles. The number of hydrogen-bond acceptors (Lipinski definition) is 8. The summed E-state index contributed by atoms with van der Waals surface area (Å²) in [6.07, 6.45) is 0. The van der Waals surface area contributed by atoms with Crippen LogP contribution in [0.1, 0.15) is 17.2 Å². The predicted molar refractivity (Wildman–Crippen MR) is 116 cm³/mol. The molecule has 0 saturated heterocycles. The van der Waals surface area contributed by atoms with Crippen molar-refractivity contribution >= 4 is 27.6 Å². The number of nitrogens with zero attached hydrogens (tertiary/aromatic N) is 5. The average molecular weight is 482 g/mol. The highest BCUT2D eigenvalue weighted by Gasteiger charge is 2.34. The maximum absolute atomic E-state index is 12.7. The molecule has 1 atom stereocenters. The van der Waals surface area contributed by atoms with Gasteiger partial charge < -0.3 is 14.8 Å². The van der Waals surface area contributed by atoms with E-state index >= 15 is 0 Å². The van der Waals surface area contributed by atoms with Crippen LogP contribution in [0.4, 0.5) is 11.6 Å². The molecule has 0 spiro atoms. The molecule has 5 rings (SSSR count). The van der Waals surface area contributed by atoms with Crippen LogP contribution in [-0.4, -0.2) is 44.6 Å². The van der Waals surface area contributed by atoms with Gasteiger partial charge in [-0.25, -0.2) is 5.10 Å². The lowest BCUT2D eigenvalue weighted by Gasteiger charge is -2.28. The second kappa shape index (κ2) is 7.51. The second-order valence-corrected chi connectivity index (χ2v) is 7.71. The highest BCUT2D eigenvalue weighted by Crippen LogP contribution is 2.42. The maximum Gasteiger partial charge on any atom is 0.288 e. The Morgan fingerprint density at radius 3 is 2.71 bits per heavy atom. The first kappa shape index (κ1) is 19.2. The number of nitrogens with one attached hydrogen (secondary N) is 2. The first-order valence-corrected chi connectivity index (χ1v) is 10.1. The van der Waals surface area contributed by atoms with E-state index in [4.69, 9.17) is 9.47 Å². The second-order valence-electron chi connectivity index (χ2n) is 6.79. The number of aromatic amines is 1. The molecule has 0 radical (unpaired) electrons. The van der Waals surface area contributed by atoms with Crippen LogP contribution in [-0.2, 0) is 0 Å². The fourth-order valence-electron chi connectivity index (χ4n) is 3.73. The molecule has 1 unspecified atom stereocenters. The number of tetrazole rings is 1. The van der Waals surface area contributed by atoms with Crippen molar-refractivity contribution in [1.29, 1.82) is 0 Å². The molecule has 156 valence electrons. The number of anilines is 2. The van der Waals surface area contributed by atoms with Crippen LogP contribution in [0.5, 0.6) is 11.5 Å². The number of hydrogen-bond donors (Lipinski definition) is 2. The van der Waals surface area contributed by atoms with Gasteiger partial charge in [-0.15, -0.1) is 0 Å². The van der Waals surface area contributed by atoms with E-state index in [-0.39, 0.29) is 5.56 Å². The molecule has 0 saturated carbocycles. The number of halogens is 1. The Morgan fingerprint density at radius 2 is 1.94 bits per heavy atom. The van der Waals surface area contributed by atoms with E-state index < -0.39 is 6.04 Å². The van der Waals surface area contributed by atoms with E-state index in [9.17, 15) is 4.79 Å². The maximum atomic E-state index is 12.7. The third kappa shape index (κ3) is 3.13. The van der Waals surface area contributed by atoms with Crippen LogP contribution in [0.15, 0.2) is 51.7 Å². The first-order valence-electron chi connectivity index (χ1n) is 9.26. The number of H-pyrrole nitrogens is 1. The zero-order valence-electron chi connectivity index (χ0n) is 16.5. The Morgan fingerprint density at radius 1 is 1.10 bits per heavy atom. The highest BCUT2D eigenvalue weighted by atomic mass is 79.9. The van der Waals surface area contributed by atoms with Crippen LogP contribution in [0.2, 0.25) is 0 Å². The van der Waals surface area contributed by atoms with Gasteiger partial charge in [-0.05, 0) is 46.3 Å². The number of benzene rings is 2. The summed E-state index contributed by atoms with van der Waals surface area (Å²) in [6, 6.07) is 12.7. The standard InChI is InChI=1S/C20H16BrN7O3/c1-30-13-7-6-10(9-14(13)31-2)16-15-17(19(29)24-23-16)22-20-25-26-27-28(20)18(15)11-4-3-5-12(21)8-11/h3-9,18H,1-2H3,(H,24,29)(H,22,25,27). The summed E-state index contributed by atoms with van der Waals surface area (Å²) in [5.41, 5.74) is 2.81. The largest absolute Gasteiger partial charge is 0.493 e. The molecular formula is C20H16BrN7O3. The van der Waals surface area contributed by atoms with E-state index in [0.717, 1.165) is 15.6 Å². The Labute approximate surface area is 184 Å². The minimum atomic E-state index is -0.475. The van der Waals surface area contributed by atoms with Gasteiger partial charge in [0.25, 0.3) is 5.56 Å². The minimum Gasteiger partial charge on any atom is -0.493 e. The van der Waals surface area contributed by atoms with E-state index in [1.807, 2.05) is 36.4 Å². The quantitative estimate of drug-likeness (QED) is 0.402. The van der Waals surface area contributed by atoms with E-state index in [0.29, 0.717) is 34.4 Å². The van der Waals surface area contributed by atoms with Gasteiger partial charge in [0.15, 0.2) is 11.5 Å². The number of ether oxygens (including phenoxy) is 2. The van der Waals surface area contributed by atoms with Crippen molar-refractivity contribution in [2.45, 2.75) is 6.04 Å². The van der Waals surface area contributed by atoms with Crippen LogP contribution < -0.4 is 20.3 Å². The monoisotopic (exact) mass is 481 g/mol. The molecule has 1 aliphatic heterocycles. The molecule has 2 N–H and O–H groups in total. The number of fused-ring (bicyclic) bond motifs is 2. The average Bonchev–Trinajstić information content (AvgIpc) is 3.26. The van der Waals surface area contributed by atoms with Gasteiger partial charge in [0.05, 0.1) is 19.9 Å². The van der Waals surface area contributed by atoms with Crippen molar-refractivity contribution in [3.8, 4) is 22.8 Å². The van der Waals surface area contributed by atoms with Gasteiger partial charge in [0, 0.05) is 15.6 Å². The minimum absolute atomic E-state index is 0.340. The summed E-state index contributed by atoms with van der Waals surface area (Å²) in [7, 11) is 3.14. The Balaban J connectivity index is 1.80. The Kier molecular flexibility index (Phi) is 4.66. The van der Waals surface area contributed by atoms with Crippen molar-refractivity contribution in [3.05, 3.63) is 68.4 Å². The first-order chi connectivity index (χ1) is 15.1. The normalized spacial score (nSPS) is 14.4.